The lowest BCUT2D eigenvalue weighted by atomic mass is 10.1. The van der Waals surface area contributed by atoms with Gasteiger partial charge in [-0.15, -0.1) is 0 Å². The molecule has 0 atom stereocenters. The number of ether oxygens (including phenoxy) is 2. The van der Waals surface area contributed by atoms with Gasteiger partial charge in [-0.2, -0.15) is 0 Å². The van der Waals surface area contributed by atoms with Crippen LogP contribution in [0.15, 0.2) is 0 Å². The van der Waals surface area contributed by atoms with Crippen molar-refractivity contribution >= 4 is 0 Å². The fourth-order valence-electron chi connectivity index (χ4n) is 2.51. The third-order valence-corrected chi connectivity index (χ3v) is 4.07. The number of nitrogens with zero attached hydrogens (tertiary/aromatic N) is 1. The average molecular weight is 320 g/mol. The normalized spacial score (nSPS) is 12.0. The van der Waals surface area contributed by atoms with Crippen LogP contribution in [-0.4, -0.2) is 81.0 Å². The van der Waals surface area contributed by atoms with Gasteiger partial charge in [-0.1, -0.05) is 32.6 Å². The summed E-state index contributed by atoms with van der Waals surface area (Å²) in [7, 11) is 2.25. The highest BCUT2D eigenvalue weighted by Gasteiger charge is 2.20. The molecule has 0 aliphatic carbocycles. The molecule has 0 bridgehead atoms. The largest absolute Gasteiger partial charge is 0.394 e. The molecule has 0 aromatic heterocycles. The van der Waals surface area contributed by atoms with Crippen LogP contribution in [0.3, 0.4) is 0 Å². The van der Waals surface area contributed by atoms with Crippen molar-refractivity contribution in [2.24, 2.45) is 0 Å². The topological polar surface area (TPSA) is 58.9 Å². The van der Waals surface area contributed by atoms with Gasteiger partial charge in [-0.3, -0.25) is 0 Å². The average Bonchev–Trinajstić information content (AvgIpc) is 2.52. The van der Waals surface area contributed by atoms with Crippen LogP contribution in [0.2, 0.25) is 0 Å². The van der Waals surface area contributed by atoms with Gasteiger partial charge in [0.25, 0.3) is 0 Å². The quantitative estimate of drug-likeness (QED) is 0.317. The van der Waals surface area contributed by atoms with Gasteiger partial charge in [-0.05, 0) is 12.8 Å². The van der Waals surface area contributed by atoms with Gasteiger partial charge in [-0.25, -0.2) is 0 Å². The third kappa shape index (κ3) is 13.5. The van der Waals surface area contributed by atoms with Crippen LogP contribution in [0.5, 0.6) is 0 Å². The van der Waals surface area contributed by atoms with Crippen LogP contribution in [0, 0.1) is 0 Å². The molecule has 0 rings (SSSR count). The lowest BCUT2D eigenvalue weighted by Crippen LogP contribution is -2.49. The minimum atomic E-state index is 0.0841. The predicted octanol–water partition coefficient (Wildman–Crippen LogP) is 1.81. The van der Waals surface area contributed by atoms with Crippen LogP contribution < -0.4 is 0 Å². The van der Waals surface area contributed by atoms with E-state index in [1.54, 1.807) is 0 Å². The van der Waals surface area contributed by atoms with Crippen molar-refractivity contribution in [2.75, 3.05) is 66.3 Å². The van der Waals surface area contributed by atoms with Gasteiger partial charge < -0.3 is 24.2 Å². The van der Waals surface area contributed by atoms with Gasteiger partial charge in [0.2, 0.25) is 0 Å². The smallest absolute Gasteiger partial charge is 0.102 e. The second-order valence-electron chi connectivity index (χ2n) is 6.23. The van der Waals surface area contributed by atoms with E-state index in [1.165, 1.54) is 38.5 Å². The summed E-state index contributed by atoms with van der Waals surface area (Å²) in [6.45, 7) is 7.61. The number of quaternary nitrogens is 1. The number of aliphatic hydroxyl groups excluding tert-OH is 2. The Morgan fingerprint density at radius 3 is 1.68 bits per heavy atom. The molecule has 0 aromatic carbocycles. The molecule has 0 aromatic rings. The highest BCUT2D eigenvalue weighted by molar-refractivity contribution is 4.47. The molecular formula is C17H38NO4+. The van der Waals surface area contributed by atoms with E-state index in [1.807, 2.05) is 0 Å². The number of likely N-dealkylation sites (N-methyl/N-ethyl adjacent to an activating group) is 1. The van der Waals surface area contributed by atoms with Crippen LogP contribution >= 0.6 is 0 Å². The van der Waals surface area contributed by atoms with E-state index in [2.05, 4.69) is 14.0 Å². The summed E-state index contributed by atoms with van der Waals surface area (Å²) in [4.78, 5) is 0. The maximum atomic E-state index is 8.77. The van der Waals surface area contributed by atoms with Gasteiger partial charge in [0.15, 0.2) is 0 Å². The van der Waals surface area contributed by atoms with Gasteiger partial charge >= 0.3 is 0 Å². The molecule has 0 amide bonds. The zero-order valence-corrected chi connectivity index (χ0v) is 14.8. The van der Waals surface area contributed by atoms with E-state index in [9.17, 15) is 0 Å². The molecule has 0 radical (unpaired) electrons. The highest BCUT2D eigenvalue weighted by Crippen LogP contribution is 2.10. The maximum Gasteiger partial charge on any atom is 0.102 e. The Hall–Kier alpha value is -0.200. The van der Waals surface area contributed by atoms with Crippen molar-refractivity contribution in [2.45, 2.75) is 45.4 Å². The zero-order chi connectivity index (χ0) is 16.5. The Balaban J connectivity index is 3.96. The van der Waals surface area contributed by atoms with Gasteiger partial charge in [0, 0.05) is 0 Å². The Labute approximate surface area is 136 Å². The van der Waals surface area contributed by atoms with E-state index < -0.39 is 0 Å². The van der Waals surface area contributed by atoms with Crippen molar-refractivity contribution in [1.82, 2.24) is 0 Å². The van der Waals surface area contributed by atoms with E-state index in [4.69, 9.17) is 19.7 Å². The lowest BCUT2D eigenvalue weighted by molar-refractivity contribution is -0.910. The molecule has 134 valence electrons. The molecule has 2 N–H and O–H groups in total. The van der Waals surface area contributed by atoms with E-state index >= 15 is 0 Å². The van der Waals surface area contributed by atoms with Crippen molar-refractivity contribution in [1.29, 1.82) is 0 Å². The van der Waals surface area contributed by atoms with Gasteiger partial charge in [0.05, 0.1) is 53.2 Å². The second-order valence-corrected chi connectivity index (χ2v) is 6.23. The summed E-state index contributed by atoms with van der Waals surface area (Å²) < 4.78 is 11.8. The second kappa shape index (κ2) is 15.7. The van der Waals surface area contributed by atoms with Crippen molar-refractivity contribution < 1.29 is 24.2 Å². The molecule has 0 heterocycles. The molecular weight excluding hydrogens is 282 g/mol. The maximum absolute atomic E-state index is 8.77. The van der Waals surface area contributed by atoms with E-state index in [0.29, 0.717) is 26.4 Å². The Morgan fingerprint density at radius 1 is 0.682 bits per heavy atom. The summed E-state index contributed by atoms with van der Waals surface area (Å²) in [5, 5.41) is 17.5. The molecule has 0 spiro atoms. The fourth-order valence-corrected chi connectivity index (χ4v) is 2.51. The monoisotopic (exact) mass is 320 g/mol. The molecule has 0 saturated carbocycles. The molecule has 0 aliphatic rings. The summed E-state index contributed by atoms with van der Waals surface area (Å²) in [6.07, 6.45) is 7.84. The summed E-state index contributed by atoms with van der Waals surface area (Å²) >= 11 is 0. The van der Waals surface area contributed by atoms with Crippen LogP contribution in [-0.2, 0) is 9.47 Å². The fraction of sp³-hybridized carbons (Fsp3) is 1.00. The molecule has 0 saturated heterocycles. The van der Waals surface area contributed by atoms with Crippen LogP contribution in [0.4, 0.5) is 0 Å². The molecule has 0 fully saturated rings. The molecule has 0 unspecified atom stereocenters. The van der Waals surface area contributed by atoms with Crippen molar-refractivity contribution in [3.8, 4) is 0 Å². The number of unbranched alkanes of at least 4 members (excludes halogenated alkanes) is 5. The summed E-state index contributed by atoms with van der Waals surface area (Å²) in [5.74, 6) is 0. The first-order chi connectivity index (χ1) is 10.7. The Kier molecular flexibility index (Phi) is 15.5. The first kappa shape index (κ1) is 21.8. The van der Waals surface area contributed by atoms with E-state index in [-0.39, 0.29) is 13.2 Å². The minimum Gasteiger partial charge on any atom is -0.394 e. The number of aliphatic hydroxyl groups is 2. The van der Waals surface area contributed by atoms with Crippen molar-refractivity contribution in [3.63, 3.8) is 0 Å². The number of hydrogen-bond donors (Lipinski definition) is 2. The Morgan fingerprint density at radius 2 is 1.18 bits per heavy atom. The molecule has 5 nitrogen and oxygen atoms in total. The van der Waals surface area contributed by atoms with Crippen LogP contribution in [0.1, 0.15) is 45.4 Å². The summed E-state index contributed by atoms with van der Waals surface area (Å²) in [5.41, 5.74) is 0. The first-order valence-electron chi connectivity index (χ1n) is 8.89. The molecule has 22 heavy (non-hydrogen) atoms. The number of hydrogen-bond acceptors (Lipinski definition) is 4. The standard InChI is InChI=1S/C17H38NO4/c1-3-4-5-6-7-8-9-18(2,10-14-21-16-12-19)11-15-22-17-13-20/h19-20H,3-17H2,1-2H3/q+1. The first-order valence-corrected chi connectivity index (χ1v) is 8.89. The zero-order valence-electron chi connectivity index (χ0n) is 14.8. The SMILES string of the molecule is CCCCCCCC[N+](C)(CCOCCO)CCOCCO. The van der Waals surface area contributed by atoms with Gasteiger partial charge in [0.1, 0.15) is 13.1 Å². The van der Waals surface area contributed by atoms with E-state index in [0.717, 1.165) is 24.1 Å². The third-order valence-electron chi connectivity index (χ3n) is 4.07. The van der Waals surface area contributed by atoms with Crippen molar-refractivity contribution in [3.05, 3.63) is 0 Å². The minimum absolute atomic E-state index is 0.0841. The number of rotatable bonds is 17. The summed E-state index contributed by atoms with van der Waals surface area (Å²) in [6, 6.07) is 0. The Bertz CT molecular complexity index is 215. The highest BCUT2D eigenvalue weighted by atomic mass is 16.5. The predicted molar refractivity (Wildman–Crippen MR) is 90.0 cm³/mol. The lowest BCUT2D eigenvalue weighted by Gasteiger charge is -2.34. The molecule has 5 heteroatoms. The van der Waals surface area contributed by atoms with Crippen LogP contribution in [0.25, 0.3) is 0 Å². The molecule has 0 aliphatic heterocycles.